The van der Waals surface area contributed by atoms with Gasteiger partial charge in [0.2, 0.25) is 0 Å². The molecule has 4 fully saturated rings. The maximum absolute atomic E-state index is 9.88. The molecule has 4 saturated carbocycles. The minimum Gasteiger partial charge on any atom is -0.310 e. The zero-order valence-electron chi connectivity index (χ0n) is 42.0. The van der Waals surface area contributed by atoms with Crippen molar-refractivity contribution in [1.29, 1.82) is 0 Å². The molecule has 0 amide bonds. The number of hydrogen-bond donors (Lipinski definition) is 0. The molecule has 0 unspecified atom stereocenters. The monoisotopic (exact) mass is 700 g/mol. The average Bonchev–Trinajstić information content (AvgIpc) is 3.56. The summed E-state index contributed by atoms with van der Waals surface area (Å²) in [5.41, 5.74) is 7.87. The molecule has 0 atom stereocenters. The van der Waals surface area contributed by atoms with Gasteiger partial charge in [0.05, 0.1) is 15.1 Å². The van der Waals surface area contributed by atoms with Gasteiger partial charge in [-0.15, -0.1) is 0 Å². The van der Waals surface area contributed by atoms with Crippen LogP contribution in [0.15, 0.2) is 127 Å². The molecule has 0 N–H and O–H groups in total. The fourth-order valence-electron chi connectivity index (χ4n) is 11.9. The molecule has 6 aromatic carbocycles. The molecule has 1 heteroatoms. The lowest BCUT2D eigenvalue weighted by Crippen LogP contribution is -2.55. The van der Waals surface area contributed by atoms with Crippen molar-refractivity contribution in [3.8, 4) is 22.3 Å². The highest BCUT2D eigenvalue weighted by Gasteiger charge is 2.61. The van der Waals surface area contributed by atoms with E-state index in [0.29, 0.717) is 23.2 Å². The van der Waals surface area contributed by atoms with E-state index in [1.807, 2.05) is 17.0 Å². The van der Waals surface area contributed by atoms with Crippen LogP contribution in [0.1, 0.15) is 110 Å². The van der Waals surface area contributed by atoms with Gasteiger partial charge < -0.3 is 4.90 Å². The topological polar surface area (TPSA) is 3.24 Å². The number of rotatable bonds is 4. The molecule has 12 rings (SSSR count). The van der Waals surface area contributed by atoms with Gasteiger partial charge in [0.15, 0.2) is 0 Å². The van der Waals surface area contributed by atoms with Crippen LogP contribution in [-0.4, -0.2) is 0 Å². The number of hydrogen-bond acceptors (Lipinski definition) is 1. The summed E-state index contributed by atoms with van der Waals surface area (Å²) in [5, 5.41) is -0.580. The summed E-state index contributed by atoms with van der Waals surface area (Å²) in [7, 11) is 0. The Kier molecular flexibility index (Phi) is 4.77. The lowest BCUT2D eigenvalue weighted by molar-refractivity contribution is -0.0399. The van der Waals surface area contributed by atoms with Gasteiger partial charge in [-0.05, 0) is 171 Å². The Balaban J connectivity index is 1.19. The van der Waals surface area contributed by atoms with Gasteiger partial charge in [-0.1, -0.05) is 118 Å². The third kappa shape index (κ3) is 4.55. The van der Waals surface area contributed by atoms with E-state index < -0.39 is 66.5 Å². The Hall–Kier alpha value is -4.62. The van der Waals surface area contributed by atoms with Crippen molar-refractivity contribution >= 4 is 27.8 Å². The Morgan fingerprint density at radius 3 is 1.91 bits per heavy atom. The van der Waals surface area contributed by atoms with E-state index in [4.69, 9.17) is 9.60 Å². The number of benzene rings is 6. The Bertz CT molecular complexity index is 2990. The average molecular weight is 701 g/mol. The standard InChI is InChI=1S/C52H51N/c1-50(2)24-25-51(3,4)49-32-41(21-23-47(49)50)53(39-18-16-36(17-19-39)43-14-9-11-35-10-5-6-12-42(35)43)40-20-22-45-44-13-7-8-15-46(44)52(48(45)31-40)37-27-33-26-34(29-37)30-38(52)28-33/h5-23,31-34,37-38H,24-30H2,1-4H3/i5D,6D,9D,10D,11D,12D,14D,16D,17D,18D,19D. The predicted octanol–water partition coefficient (Wildman–Crippen LogP) is 14.0. The third-order valence-electron chi connectivity index (χ3n) is 14.3. The van der Waals surface area contributed by atoms with E-state index in [2.05, 4.69) is 76.2 Å². The highest BCUT2D eigenvalue weighted by molar-refractivity contribution is 5.97. The largest absolute Gasteiger partial charge is 0.310 e. The van der Waals surface area contributed by atoms with E-state index in [1.54, 1.807) is 0 Å². The van der Waals surface area contributed by atoms with Crippen LogP contribution in [0.25, 0.3) is 33.0 Å². The molecule has 1 spiro atoms. The van der Waals surface area contributed by atoms with Crippen molar-refractivity contribution in [1.82, 2.24) is 0 Å². The summed E-state index contributed by atoms with van der Waals surface area (Å²) in [6, 6.07) is 15.8. The first-order chi connectivity index (χ1) is 30.3. The summed E-state index contributed by atoms with van der Waals surface area (Å²) in [4.78, 5) is 1.88. The summed E-state index contributed by atoms with van der Waals surface area (Å²) >= 11 is 0. The normalized spacial score (nSPS) is 29.6. The second kappa shape index (κ2) is 11.2. The lowest BCUT2D eigenvalue weighted by Gasteiger charge is -2.61. The molecule has 0 aliphatic heterocycles. The second-order valence-electron chi connectivity index (χ2n) is 18.0. The molecule has 6 aliphatic rings. The summed E-state index contributed by atoms with van der Waals surface area (Å²) < 4.78 is 100. The molecule has 6 aromatic rings. The van der Waals surface area contributed by atoms with Crippen molar-refractivity contribution in [2.24, 2.45) is 23.7 Å². The van der Waals surface area contributed by atoms with Crippen LogP contribution in [0.5, 0.6) is 0 Å². The van der Waals surface area contributed by atoms with Crippen LogP contribution in [-0.2, 0) is 16.2 Å². The van der Waals surface area contributed by atoms with Crippen molar-refractivity contribution in [3.05, 3.63) is 149 Å². The van der Waals surface area contributed by atoms with E-state index in [1.165, 1.54) is 65.5 Å². The van der Waals surface area contributed by atoms with Gasteiger partial charge in [-0.2, -0.15) is 0 Å². The fraction of sp³-hybridized carbons (Fsp3) is 0.346. The molecule has 53 heavy (non-hydrogen) atoms. The lowest BCUT2D eigenvalue weighted by atomic mass is 9.43. The van der Waals surface area contributed by atoms with Crippen LogP contribution in [0.3, 0.4) is 0 Å². The number of nitrogens with zero attached hydrogens (tertiary/aromatic N) is 1. The maximum Gasteiger partial charge on any atom is 0.0645 e. The highest BCUT2D eigenvalue weighted by atomic mass is 15.1. The van der Waals surface area contributed by atoms with Crippen LogP contribution in [0.2, 0.25) is 0 Å². The predicted molar refractivity (Wildman–Crippen MR) is 223 cm³/mol. The van der Waals surface area contributed by atoms with Crippen molar-refractivity contribution in [3.63, 3.8) is 0 Å². The zero-order chi connectivity index (χ0) is 45.3. The molecule has 264 valence electrons. The Labute approximate surface area is 331 Å². The maximum atomic E-state index is 9.88. The first-order valence-corrected chi connectivity index (χ1v) is 19.6. The molecule has 0 heterocycles. The van der Waals surface area contributed by atoms with Gasteiger partial charge in [-0.3, -0.25) is 0 Å². The minimum atomic E-state index is -0.632. The quantitative estimate of drug-likeness (QED) is 0.177. The van der Waals surface area contributed by atoms with Crippen molar-refractivity contribution < 1.29 is 15.1 Å². The molecule has 1 nitrogen and oxygen atoms in total. The summed E-state index contributed by atoms with van der Waals surface area (Å²) in [6.45, 7) is 9.04. The van der Waals surface area contributed by atoms with E-state index in [0.717, 1.165) is 24.7 Å². The highest BCUT2D eigenvalue weighted by Crippen LogP contribution is 2.69. The second-order valence-corrected chi connectivity index (χ2v) is 18.0. The Morgan fingerprint density at radius 1 is 0.528 bits per heavy atom. The molecule has 0 saturated heterocycles. The first kappa shape index (κ1) is 22.6. The van der Waals surface area contributed by atoms with Gasteiger partial charge in [-0.25, -0.2) is 0 Å². The zero-order valence-corrected chi connectivity index (χ0v) is 31.0. The van der Waals surface area contributed by atoms with Crippen molar-refractivity contribution in [2.45, 2.75) is 88.9 Å². The van der Waals surface area contributed by atoms with Crippen molar-refractivity contribution in [2.75, 3.05) is 4.90 Å². The molecule has 0 aromatic heterocycles. The molecular weight excluding hydrogens is 639 g/mol. The summed E-state index contributed by atoms with van der Waals surface area (Å²) in [5.74, 6) is 2.48. The van der Waals surface area contributed by atoms with Gasteiger partial charge >= 0.3 is 0 Å². The Morgan fingerprint density at radius 2 is 1.15 bits per heavy atom. The van der Waals surface area contributed by atoms with E-state index >= 15 is 0 Å². The fourth-order valence-corrected chi connectivity index (χ4v) is 11.9. The van der Waals surface area contributed by atoms with E-state index in [-0.39, 0.29) is 43.8 Å². The number of fused-ring (bicyclic) bond motifs is 5. The van der Waals surface area contributed by atoms with Crippen LogP contribution in [0.4, 0.5) is 17.1 Å². The molecule has 4 bridgehead atoms. The summed E-state index contributed by atoms with van der Waals surface area (Å²) in [6.07, 6.45) is 8.11. The van der Waals surface area contributed by atoms with Gasteiger partial charge in [0.25, 0.3) is 0 Å². The van der Waals surface area contributed by atoms with Crippen LogP contribution >= 0.6 is 0 Å². The van der Waals surface area contributed by atoms with Gasteiger partial charge in [0, 0.05) is 22.5 Å². The smallest absolute Gasteiger partial charge is 0.0645 e. The number of anilines is 3. The van der Waals surface area contributed by atoms with Gasteiger partial charge in [0.1, 0.15) is 0 Å². The van der Waals surface area contributed by atoms with Crippen LogP contribution < -0.4 is 4.90 Å². The van der Waals surface area contributed by atoms with Crippen LogP contribution in [0, 0.1) is 23.7 Å². The third-order valence-corrected chi connectivity index (χ3v) is 14.3. The molecule has 0 radical (unpaired) electrons. The van der Waals surface area contributed by atoms with E-state index in [9.17, 15) is 5.48 Å². The SMILES string of the molecule is [2H]c1c([2H])c(N(c2ccc3c(c2)C(C)(C)CCC3(C)C)c2ccc3c(c2)C2(c4ccccc4-3)C3CC4CC(C3)CC2C4)c([2H])c([2H])c1-c1c([2H])c([2H])c([2H])c2c([2H])c([2H])c([2H])c([2H])c12. The molecular formula is C52H51N. The molecule has 6 aliphatic carbocycles. The first-order valence-electron chi connectivity index (χ1n) is 25.1. The minimum absolute atomic E-state index is 0.0158.